The molecule has 5 nitrogen and oxygen atoms in total. The lowest BCUT2D eigenvalue weighted by Crippen LogP contribution is -2.34. The molecular formula is C16H31N5. The molecule has 1 unspecified atom stereocenters. The number of anilines is 2. The van der Waals surface area contributed by atoms with Crippen molar-refractivity contribution in [2.75, 3.05) is 37.8 Å². The average molecular weight is 293 g/mol. The van der Waals surface area contributed by atoms with Crippen molar-refractivity contribution in [3.05, 3.63) is 11.9 Å². The van der Waals surface area contributed by atoms with Crippen LogP contribution in [0, 0.1) is 5.92 Å². The summed E-state index contributed by atoms with van der Waals surface area (Å²) in [5, 5.41) is 6.86. The molecule has 1 heterocycles. The summed E-state index contributed by atoms with van der Waals surface area (Å²) in [4.78, 5) is 11.3. The van der Waals surface area contributed by atoms with E-state index in [9.17, 15) is 0 Å². The largest absolute Gasteiger partial charge is 0.370 e. The Kier molecular flexibility index (Phi) is 7.43. The predicted octanol–water partition coefficient (Wildman–Crippen LogP) is 2.86. The zero-order valence-corrected chi connectivity index (χ0v) is 14.4. The lowest BCUT2D eigenvalue weighted by molar-refractivity contribution is 0.356. The zero-order chi connectivity index (χ0) is 15.8. The fourth-order valence-corrected chi connectivity index (χ4v) is 2.40. The molecule has 0 aliphatic heterocycles. The Labute approximate surface area is 129 Å². The lowest BCUT2D eigenvalue weighted by atomic mass is 10.0. The Bertz CT molecular complexity index is 407. The third kappa shape index (κ3) is 6.76. The van der Waals surface area contributed by atoms with Crippen LogP contribution in [0.5, 0.6) is 0 Å². The van der Waals surface area contributed by atoms with Crippen LogP contribution in [0.2, 0.25) is 0 Å². The van der Waals surface area contributed by atoms with Crippen LogP contribution in [0.15, 0.2) is 6.07 Å². The lowest BCUT2D eigenvalue weighted by Gasteiger charge is -2.24. The number of rotatable bonds is 9. The average Bonchev–Trinajstić information content (AvgIpc) is 2.37. The summed E-state index contributed by atoms with van der Waals surface area (Å²) >= 11 is 0. The highest BCUT2D eigenvalue weighted by atomic mass is 15.1. The Morgan fingerprint density at radius 3 is 2.33 bits per heavy atom. The molecule has 0 spiro atoms. The first-order valence-corrected chi connectivity index (χ1v) is 7.97. The van der Waals surface area contributed by atoms with E-state index >= 15 is 0 Å². The molecule has 0 saturated carbocycles. The van der Waals surface area contributed by atoms with Gasteiger partial charge in [-0.2, -0.15) is 0 Å². The van der Waals surface area contributed by atoms with Gasteiger partial charge in [-0.3, -0.25) is 0 Å². The Morgan fingerprint density at radius 2 is 1.81 bits per heavy atom. The SMILES string of the molecule is CCNc1cc(NC(CC(C)C)CN(C)C)nc(CC)n1. The van der Waals surface area contributed by atoms with Gasteiger partial charge >= 0.3 is 0 Å². The molecule has 0 aromatic carbocycles. The molecule has 1 aromatic heterocycles. The van der Waals surface area contributed by atoms with Crippen LogP contribution in [0.3, 0.4) is 0 Å². The fourth-order valence-electron chi connectivity index (χ4n) is 2.40. The van der Waals surface area contributed by atoms with Crippen molar-refractivity contribution >= 4 is 11.6 Å². The van der Waals surface area contributed by atoms with Gasteiger partial charge in [-0.15, -0.1) is 0 Å². The van der Waals surface area contributed by atoms with Crippen LogP contribution >= 0.6 is 0 Å². The molecule has 0 bridgehead atoms. The third-order valence-electron chi connectivity index (χ3n) is 3.14. The highest BCUT2D eigenvalue weighted by molar-refractivity contribution is 5.48. The molecule has 1 aromatic rings. The van der Waals surface area contributed by atoms with Crippen LogP contribution in [0.1, 0.15) is 39.9 Å². The van der Waals surface area contributed by atoms with Crippen LogP contribution in [0.25, 0.3) is 0 Å². The van der Waals surface area contributed by atoms with Gasteiger partial charge < -0.3 is 15.5 Å². The number of likely N-dealkylation sites (N-methyl/N-ethyl adjacent to an activating group) is 1. The molecule has 0 amide bonds. The van der Waals surface area contributed by atoms with E-state index in [4.69, 9.17) is 0 Å². The molecule has 5 heteroatoms. The van der Waals surface area contributed by atoms with Crippen LogP contribution < -0.4 is 10.6 Å². The van der Waals surface area contributed by atoms with Crippen molar-refractivity contribution in [2.24, 2.45) is 5.92 Å². The minimum absolute atomic E-state index is 0.397. The summed E-state index contributed by atoms with van der Waals surface area (Å²) in [7, 11) is 4.22. The predicted molar refractivity (Wildman–Crippen MR) is 91.0 cm³/mol. The van der Waals surface area contributed by atoms with Crippen molar-refractivity contribution in [3.63, 3.8) is 0 Å². The smallest absolute Gasteiger partial charge is 0.132 e. The van der Waals surface area contributed by atoms with E-state index in [2.05, 4.69) is 67.3 Å². The van der Waals surface area contributed by atoms with Gasteiger partial charge in [0.25, 0.3) is 0 Å². The van der Waals surface area contributed by atoms with Gasteiger partial charge in [-0.25, -0.2) is 9.97 Å². The number of nitrogens with zero attached hydrogens (tertiary/aromatic N) is 3. The van der Waals surface area contributed by atoms with Crippen molar-refractivity contribution in [1.82, 2.24) is 14.9 Å². The van der Waals surface area contributed by atoms with Crippen molar-refractivity contribution < 1.29 is 0 Å². The second-order valence-corrected chi connectivity index (χ2v) is 6.17. The standard InChI is InChI=1S/C16H31N5/c1-7-14-19-15(17-8-2)10-16(20-14)18-13(9-12(3)4)11-21(5)6/h10,12-13H,7-9,11H2,1-6H3,(H2,17,18,19,20). The maximum Gasteiger partial charge on any atom is 0.132 e. The molecule has 0 fully saturated rings. The molecule has 120 valence electrons. The summed E-state index contributed by atoms with van der Waals surface area (Å²) in [6, 6.07) is 2.40. The molecular weight excluding hydrogens is 262 g/mol. The Morgan fingerprint density at radius 1 is 1.14 bits per heavy atom. The van der Waals surface area contributed by atoms with E-state index in [1.54, 1.807) is 0 Å². The van der Waals surface area contributed by atoms with E-state index in [1.165, 1.54) is 0 Å². The van der Waals surface area contributed by atoms with Crippen molar-refractivity contribution in [2.45, 2.75) is 46.6 Å². The molecule has 1 atom stereocenters. The fraction of sp³-hybridized carbons (Fsp3) is 0.750. The molecule has 1 rings (SSSR count). The summed E-state index contributed by atoms with van der Waals surface area (Å²) in [5.74, 6) is 3.36. The molecule has 0 aliphatic carbocycles. The summed E-state index contributed by atoms with van der Waals surface area (Å²) < 4.78 is 0. The molecule has 0 saturated heterocycles. The van der Waals surface area contributed by atoms with Crippen molar-refractivity contribution in [3.8, 4) is 0 Å². The highest BCUT2D eigenvalue weighted by Gasteiger charge is 2.13. The number of aromatic nitrogens is 2. The second kappa shape index (κ2) is 8.82. The van der Waals surface area contributed by atoms with Crippen molar-refractivity contribution in [1.29, 1.82) is 0 Å². The minimum Gasteiger partial charge on any atom is -0.370 e. The first-order chi connectivity index (χ1) is 9.94. The van der Waals surface area contributed by atoms with E-state index < -0.39 is 0 Å². The van der Waals surface area contributed by atoms with E-state index in [-0.39, 0.29) is 0 Å². The molecule has 0 aliphatic rings. The van der Waals surface area contributed by atoms with E-state index in [0.717, 1.165) is 43.4 Å². The van der Waals surface area contributed by atoms with Gasteiger partial charge in [0.05, 0.1) is 0 Å². The number of hydrogen-bond acceptors (Lipinski definition) is 5. The first-order valence-electron chi connectivity index (χ1n) is 7.97. The van der Waals surface area contributed by atoms with Gasteiger partial charge in [0.2, 0.25) is 0 Å². The monoisotopic (exact) mass is 293 g/mol. The normalized spacial score (nSPS) is 12.8. The van der Waals surface area contributed by atoms with Crippen LogP contribution in [0.4, 0.5) is 11.6 Å². The first kappa shape index (κ1) is 17.7. The van der Waals surface area contributed by atoms with Gasteiger partial charge in [0.1, 0.15) is 17.5 Å². The van der Waals surface area contributed by atoms with Gasteiger partial charge in [0, 0.05) is 31.6 Å². The van der Waals surface area contributed by atoms with E-state index in [0.29, 0.717) is 12.0 Å². The maximum atomic E-state index is 4.61. The number of hydrogen-bond donors (Lipinski definition) is 2. The Balaban J connectivity index is 2.87. The molecule has 0 radical (unpaired) electrons. The summed E-state index contributed by atoms with van der Waals surface area (Å²) in [6.07, 6.45) is 1.97. The van der Waals surface area contributed by atoms with Crippen LogP contribution in [-0.4, -0.2) is 48.1 Å². The number of aryl methyl sites for hydroxylation is 1. The van der Waals surface area contributed by atoms with Gasteiger partial charge in [0.15, 0.2) is 0 Å². The summed E-state index contributed by atoms with van der Waals surface area (Å²) in [5.41, 5.74) is 0. The zero-order valence-electron chi connectivity index (χ0n) is 14.4. The molecule has 2 N–H and O–H groups in total. The number of nitrogens with one attached hydrogen (secondary N) is 2. The topological polar surface area (TPSA) is 53.1 Å². The minimum atomic E-state index is 0.397. The van der Waals surface area contributed by atoms with Gasteiger partial charge in [-0.1, -0.05) is 20.8 Å². The second-order valence-electron chi connectivity index (χ2n) is 6.17. The van der Waals surface area contributed by atoms with Gasteiger partial charge in [-0.05, 0) is 33.4 Å². The Hall–Kier alpha value is -1.36. The molecule has 21 heavy (non-hydrogen) atoms. The third-order valence-corrected chi connectivity index (χ3v) is 3.14. The van der Waals surface area contributed by atoms with E-state index in [1.807, 2.05) is 6.07 Å². The highest BCUT2D eigenvalue weighted by Crippen LogP contribution is 2.16. The summed E-state index contributed by atoms with van der Waals surface area (Å²) in [6.45, 7) is 10.5. The quantitative estimate of drug-likeness (QED) is 0.733. The maximum absolute atomic E-state index is 4.61. The van der Waals surface area contributed by atoms with Crippen LogP contribution in [-0.2, 0) is 6.42 Å².